The smallest absolute Gasteiger partial charge is 0.261 e. The number of ether oxygens (including phenoxy) is 1. The van der Waals surface area contributed by atoms with Gasteiger partial charge in [0.25, 0.3) is 5.56 Å². The first-order valence-corrected chi connectivity index (χ1v) is 10.2. The molecule has 3 unspecified atom stereocenters. The van der Waals surface area contributed by atoms with Crippen molar-refractivity contribution < 1.29 is 13.5 Å². The monoisotopic (exact) mass is 413 g/mol. The number of fused-ring (bicyclic) bond motifs is 1. The SMILES string of the molecule is N#CC1CCOCCC1n1nc(Nc2ccc(S(=O)O)cc2)c2c(=O)[nH]ccc21. The van der Waals surface area contributed by atoms with Crippen LogP contribution in [0.3, 0.4) is 0 Å². The fraction of sp³-hybridized carbons (Fsp3) is 0.316. The Bertz CT molecular complexity index is 1150. The number of hydrogen-bond acceptors (Lipinski definition) is 6. The third-order valence-corrected chi connectivity index (χ3v) is 5.70. The number of pyridine rings is 1. The Morgan fingerprint density at radius 2 is 2.03 bits per heavy atom. The van der Waals surface area contributed by atoms with Crippen LogP contribution >= 0.6 is 0 Å². The minimum atomic E-state index is -2.06. The summed E-state index contributed by atoms with van der Waals surface area (Å²) < 4.78 is 27.6. The van der Waals surface area contributed by atoms with Gasteiger partial charge in [-0.15, -0.1) is 0 Å². The Kier molecular flexibility index (Phi) is 5.44. The lowest BCUT2D eigenvalue weighted by Gasteiger charge is -2.19. The molecule has 1 aliphatic heterocycles. The van der Waals surface area contributed by atoms with Gasteiger partial charge in [-0.05, 0) is 43.2 Å². The molecule has 9 nitrogen and oxygen atoms in total. The standard InChI is InChI=1S/C19H19N5O4S/c20-11-12-6-9-28-10-7-15(12)24-16-5-8-21-19(25)17(16)18(23-24)22-13-1-3-14(4-2-13)29(26)27/h1-5,8,12,15H,6-7,9-10H2,(H,21,25)(H,22,23)(H,26,27). The van der Waals surface area contributed by atoms with E-state index in [-0.39, 0.29) is 22.4 Å². The maximum absolute atomic E-state index is 12.5. The molecule has 0 aliphatic carbocycles. The van der Waals surface area contributed by atoms with Gasteiger partial charge in [0.2, 0.25) is 0 Å². The van der Waals surface area contributed by atoms with Crippen molar-refractivity contribution in [3.05, 3.63) is 46.9 Å². The molecule has 0 amide bonds. The number of H-pyrrole nitrogens is 1. The Hall–Kier alpha value is -3.00. The Balaban J connectivity index is 1.78. The molecular weight excluding hydrogens is 394 g/mol. The van der Waals surface area contributed by atoms with Crippen molar-refractivity contribution >= 4 is 33.5 Å². The van der Waals surface area contributed by atoms with E-state index in [0.717, 1.165) is 0 Å². The summed E-state index contributed by atoms with van der Waals surface area (Å²) in [7, 11) is 0. The summed E-state index contributed by atoms with van der Waals surface area (Å²) in [4.78, 5) is 15.5. The molecule has 0 saturated carbocycles. The predicted octanol–water partition coefficient (Wildman–Crippen LogP) is 2.54. The molecule has 1 saturated heterocycles. The molecule has 3 aromatic rings. The van der Waals surface area contributed by atoms with E-state index in [1.807, 2.05) is 0 Å². The lowest BCUT2D eigenvalue weighted by molar-refractivity contribution is 0.141. The second kappa shape index (κ2) is 8.16. The van der Waals surface area contributed by atoms with Crippen LogP contribution in [0, 0.1) is 17.2 Å². The van der Waals surface area contributed by atoms with Gasteiger partial charge < -0.3 is 19.6 Å². The van der Waals surface area contributed by atoms with Crippen LogP contribution in [0.4, 0.5) is 11.5 Å². The highest BCUT2D eigenvalue weighted by atomic mass is 32.2. The van der Waals surface area contributed by atoms with Gasteiger partial charge in [0.1, 0.15) is 5.39 Å². The van der Waals surface area contributed by atoms with Crippen LogP contribution < -0.4 is 10.9 Å². The Labute approximate surface area is 168 Å². The third kappa shape index (κ3) is 3.80. The van der Waals surface area contributed by atoms with Crippen molar-refractivity contribution in [3.63, 3.8) is 0 Å². The first-order chi connectivity index (χ1) is 14.1. The van der Waals surface area contributed by atoms with Crippen molar-refractivity contribution in [2.75, 3.05) is 18.5 Å². The predicted molar refractivity (Wildman–Crippen MR) is 107 cm³/mol. The Morgan fingerprint density at radius 1 is 1.28 bits per heavy atom. The Morgan fingerprint density at radius 3 is 2.76 bits per heavy atom. The minimum Gasteiger partial charge on any atom is -0.381 e. The lowest BCUT2D eigenvalue weighted by Crippen LogP contribution is -2.20. The molecule has 29 heavy (non-hydrogen) atoms. The number of benzene rings is 1. The maximum atomic E-state index is 12.5. The summed E-state index contributed by atoms with van der Waals surface area (Å²) in [6, 6.07) is 10.2. The van der Waals surface area contributed by atoms with E-state index >= 15 is 0 Å². The molecule has 10 heteroatoms. The first kappa shape index (κ1) is 19.3. The van der Waals surface area contributed by atoms with Gasteiger partial charge in [-0.3, -0.25) is 9.48 Å². The summed E-state index contributed by atoms with van der Waals surface area (Å²) in [5.41, 5.74) is 0.967. The van der Waals surface area contributed by atoms with Gasteiger partial charge >= 0.3 is 0 Å². The van der Waals surface area contributed by atoms with Crippen LogP contribution in [0.25, 0.3) is 10.9 Å². The second-order valence-corrected chi connectivity index (χ2v) is 7.72. The number of aromatic nitrogens is 3. The van der Waals surface area contributed by atoms with E-state index in [9.17, 15) is 14.3 Å². The van der Waals surface area contributed by atoms with Crippen LogP contribution in [0.1, 0.15) is 18.9 Å². The van der Waals surface area contributed by atoms with E-state index in [1.165, 1.54) is 12.1 Å². The van der Waals surface area contributed by atoms with E-state index in [4.69, 9.17) is 9.29 Å². The molecule has 1 fully saturated rings. The normalized spacial score (nSPS) is 20.7. The second-order valence-electron chi connectivity index (χ2n) is 6.75. The van der Waals surface area contributed by atoms with E-state index in [1.54, 1.807) is 29.1 Å². The summed E-state index contributed by atoms with van der Waals surface area (Å²) in [6.07, 6.45) is 2.79. The third-order valence-electron chi connectivity index (χ3n) is 5.02. The van der Waals surface area contributed by atoms with Crippen LogP contribution in [-0.2, 0) is 15.8 Å². The molecule has 3 atom stereocenters. The molecule has 150 valence electrons. The van der Waals surface area contributed by atoms with Crippen molar-refractivity contribution in [3.8, 4) is 6.07 Å². The number of nitriles is 1. The highest BCUT2D eigenvalue weighted by Crippen LogP contribution is 2.32. The van der Waals surface area contributed by atoms with Crippen LogP contribution in [0.5, 0.6) is 0 Å². The minimum absolute atomic E-state index is 0.207. The van der Waals surface area contributed by atoms with Crippen molar-refractivity contribution in [1.29, 1.82) is 5.26 Å². The zero-order chi connectivity index (χ0) is 20.4. The summed E-state index contributed by atoms with van der Waals surface area (Å²) >= 11 is -2.06. The quantitative estimate of drug-likeness (QED) is 0.560. The highest BCUT2D eigenvalue weighted by molar-refractivity contribution is 7.79. The molecule has 1 aliphatic rings. The fourth-order valence-corrected chi connectivity index (χ4v) is 3.95. The maximum Gasteiger partial charge on any atom is 0.261 e. The molecule has 1 aromatic carbocycles. The summed E-state index contributed by atoms with van der Waals surface area (Å²) in [5.74, 6) is 0.0909. The van der Waals surface area contributed by atoms with Crippen molar-refractivity contribution in [2.45, 2.75) is 23.8 Å². The fourth-order valence-electron chi connectivity index (χ4n) is 3.58. The average molecular weight is 413 g/mol. The average Bonchev–Trinajstić information content (AvgIpc) is 2.92. The molecule has 2 aromatic heterocycles. The van der Waals surface area contributed by atoms with Gasteiger partial charge in [-0.2, -0.15) is 10.4 Å². The number of rotatable bonds is 4. The van der Waals surface area contributed by atoms with E-state index in [2.05, 4.69) is 21.5 Å². The van der Waals surface area contributed by atoms with Crippen LogP contribution in [0.15, 0.2) is 46.2 Å². The molecule has 0 radical (unpaired) electrons. The van der Waals surface area contributed by atoms with Gasteiger partial charge in [0, 0.05) is 25.1 Å². The number of hydrogen-bond donors (Lipinski definition) is 3. The van der Waals surface area contributed by atoms with Gasteiger partial charge in [0.05, 0.1) is 28.4 Å². The molecule has 4 rings (SSSR count). The van der Waals surface area contributed by atoms with Gasteiger partial charge in [-0.1, -0.05) is 0 Å². The van der Waals surface area contributed by atoms with Crippen molar-refractivity contribution in [1.82, 2.24) is 14.8 Å². The molecule has 0 bridgehead atoms. The van der Waals surface area contributed by atoms with Gasteiger partial charge in [-0.25, -0.2) is 4.21 Å². The molecule has 0 spiro atoms. The van der Waals surface area contributed by atoms with Crippen molar-refractivity contribution in [2.24, 2.45) is 5.92 Å². The zero-order valence-corrected chi connectivity index (χ0v) is 16.2. The molecule has 3 N–H and O–H groups in total. The van der Waals surface area contributed by atoms with Gasteiger partial charge in [0.15, 0.2) is 16.9 Å². The number of nitrogens with one attached hydrogen (secondary N) is 2. The summed E-state index contributed by atoms with van der Waals surface area (Å²) in [5, 5.41) is 17.8. The van der Waals surface area contributed by atoms with E-state index in [0.29, 0.717) is 48.5 Å². The van der Waals surface area contributed by atoms with Crippen LogP contribution in [0.2, 0.25) is 0 Å². The zero-order valence-electron chi connectivity index (χ0n) is 15.4. The first-order valence-electron chi connectivity index (χ1n) is 9.13. The highest BCUT2D eigenvalue weighted by Gasteiger charge is 2.29. The number of nitrogens with zero attached hydrogens (tertiary/aromatic N) is 3. The summed E-state index contributed by atoms with van der Waals surface area (Å²) in [6.45, 7) is 1.05. The largest absolute Gasteiger partial charge is 0.381 e. The van der Waals surface area contributed by atoms with Crippen LogP contribution in [-0.4, -0.2) is 36.7 Å². The molecule has 3 heterocycles. The lowest BCUT2D eigenvalue weighted by atomic mass is 9.96. The molecular formula is C19H19N5O4S. The number of aromatic amines is 1. The topological polar surface area (TPSA) is 133 Å². The number of anilines is 2. The van der Waals surface area contributed by atoms with E-state index < -0.39 is 11.1 Å².